The summed E-state index contributed by atoms with van der Waals surface area (Å²) in [5.74, 6) is 1.34. The van der Waals surface area contributed by atoms with Crippen LogP contribution in [0.25, 0.3) is 88.4 Å². The van der Waals surface area contributed by atoms with Crippen LogP contribution in [-0.2, 0) is 6.42 Å². The molecular formula is C39H22N4O. The minimum atomic E-state index is 0.649. The Morgan fingerprint density at radius 2 is 1.05 bits per heavy atom. The van der Waals surface area contributed by atoms with E-state index in [1.54, 1.807) is 0 Å². The van der Waals surface area contributed by atoms with Crippen molar-refractivity contribution in [3.8, 4) is 33.9 Å². The fraction of sp³-hybridized carbons (Fsp3) is 0.0256. The second kappa shape index (κ2) is 8.79. The van der Waals surface area contributed by atoms with Gasteiger partial charge in [0.25, 0.3) is 0 Å². The van der Waals surface area contributed by atoms with E-state index in [4.69, 9.17) is 24.4 Å². The van der Waals surface area contributed by atoms with Gasteiger partial charge in [0.1, 0.15) is 22.2 Å². The first-order valence-electron chi connectivity index (χ1n) is 14.8. The topological polar surface area (TPSA) is 64.7 Å². The van der Waals surface area contributed by atoms with E-state index in [1.807, 2.05) is 42.7 Å². The Hall–Kier alpha value is -5.94. The van der Waals surface area contributed by atoms with Gasteiger partial charge in [0.15, 0.2) is 11.6 Å². The van der Waals surface area contributed by atoms with Crippen LogP contribution in [0.3, 0.4) is 0 Å². The third kappa shape index (κ3) is 3.35. The Balaban J connectivity index is 1.20. The lowest BCUT2D eigenvalue weighted by molar-refractivity contribution is 0.669. The van der Waals surface area contributed by atoms with Gasteiger partial charge in [0, 0.05) is 45.1 Å². The molecule has 10 rings (SSSR count). The molecule has 0 saturated heterocycles. The molecular weight excluding hydrogens is 540 g/mol. The lowest BCUT2D eigenvalue weighted by atomic mass is 10.0. The number of hydrogen-bond acceptors (Lipinski definition) is 5. The van der Waals surface area contributed by atoms with Crippen LogP contribution >= 0.6 is 0 Å². The Morgan fingerprint density at radius 3 is 1.82 bits per heavy atom. The number of furan rings is 1. The van der Waals surface area contributed by atoms with Gasteiger partial charge in [0.2, 0.25) is 0 Å². The summed E-state index contributed by atoms with van der Waals surface area (Å²) in [5.41, 5.74) is 10.5. The number of hydrogen-bond donors (Lipinski definition) is 0. The average molecular weight is 563 g/mol. The molecule has 3 aromatic heterocycles. The van der Waals surface area contributed by atoms with E-state index < -0.39 is 0 Å². The van der Waals surface area contributed by atoms with Gasteiger partial charge in [-0.05, 0) is 69.8 Å². The van der Waals surface area contributed by atoms with Crippen LogP contribution in [0.1, 0.15) is 11.1 Å². The van der Waals surface area contributed by atoms with Crippen LogP contribution in [0.5, 0.6) is 0 Å². The minimum Gasteiger partial charge on any atom is -0.456 e. The number of benzene rings is 6. The first-order valence-corrected chi connectivity index (χ1v) is 14.8. The third-order valence-corrected chi connectivity index (χ3v) is 9.00. The maximum atomic E-state index is 6.06. The quantitative estimate of drug-likeness (QED) is 0.196. The normalized spacial score (nSPS) is 12.5. The van der Waals surface area contributed by atoms with Gasteiger partial charge in [-0.15, -0.1) is 0 Å². The summed E-state index contributed by atoms with van der Waals surface area (Å²) in [7, 11) is 0. The molecule has 0 bridgehead atoms. The van der Waals surface area contributed by atoms with Gasteiger partial charge >= 0.3 is 0 Å². The number of nitrogens with zero attached hydrogens (tertiary/aromatic N) is 4. The molecule has 44 heavy (non-hydrogen) atoms. The van der Waals surface area contributed by atoms with Crippen molar-refractivity contribution in [1.82, 2.24) is 19.9 Å². The molecule has 5 heteroatoms. The maximum absolute atomic E-state index is 6.06. The fourth-order valence-electron chi connectivity index (χ4n) is 6.88. The minimum absolute atomic E-state index is 0.649. The highest BCUT2D eigenvalue weighted by Gasteiger charge is 2.20. The highest BCUT2D eigenvalue weighted by atomic mass is 16.3. The molecule has 9 aromatic rings. The van der Waals surface area contributed by atoms with Gasteiger partial charge in [-0.2, -0.15) is 0 Å². The van der Waals surface area contributed by atoms with Crippen molar-refractivity contribution >= 4 is 54.5 Å². The van der Waals surface area contributed by atoms with Crippen molar-refractivity contribution in [3.63, 3.8) is 0 Å². The molecule has 0 radical (unpaired) electrons. The van der Waals surface area contributed by atoms with Crippen molar-refractivity contribution in [1.29, 1.82) is 0 Å². The molecule has 0 N–H and O–H groups in total. The standard InChI is InChI=1S/C39H22N4O/c1-2-8-26-22(7-1)17-23-13-14-24(18-30(23)26)38-40-20-32-27-9-3-4-10-28(27)33-21-41-39(43-37(33)36(32)42-38)25-15-16-35-31(19-25)29-11-5-6-12-34(29)44-35/h1-16,18-21H,17H2. The molecule has 0 aliphatic heterocycles. The van der Waals surface area contributed by atoms with Gasteiger partial charge in [-0.1, -0.05) is 78.9 Å². The molecule has 0 fully saturated rings. The summed E-state index contributed by atoms with van der Waals surface area (Å²) in [4.78, 5) is 20.1. The van der Waals surface area contributed by atoms with Gasteiger partial charge in [-0.3, -0.25) is 0 Å². The zero-order valence-corrected chi connectivity index (χ0v) is 23.5. The lowest BCUT2D eigenvalue weighted by Gasteiger charge is -2.11. The van der Waals surface area contributed by atoms with Crippen molar-refractivity contribution in [2.24, 2.45) is 0 Å². The highest BCUT2D eigenvalue weighted by Crippen LogP contribution is 2.40. The Bertz CT molecular complexity index is 2650. The Labute approximate surface area is 251 Å². The van der Waals surface area contributed by atoms with E-state index >= 15 is 0 Å². The van der Waals surface area contributed by atoms with E-state index in [2.05, 4.69) is 78.9 Å². The summed E-state index contributed by atoms with van der Waals surface area (Å²) in [5, 5.41) is 6.25. The molecule has 204 valence electrons. The van der Waals surface area contributed by atoms with Crippen molar-refractivity contribution in [2.75, 3.05) is 0 Å². The van der Waals surface area contributed by atoms with Crippen LogP contribution < -0.4 is 0 Å². The number of aromatic nitrogens is 4. The molecule has 0 amide bonds. The molecule has 1 aliphatic rings. The predicted octanol–water partition coefficient (Wildman–Crippen LogP) is 9.53. The molecule has 0 saturated carbocycles. The second-order valence-corrected chi connectivity index (χ2v) is 11.5. The zero-order chi connectivity index (χ0) is 28.8. The number of para-hydroxylation sites is 1. The molecule has 1 aliphatic carbocycles. The van der Waals surface area contributed by atoms with E-state index in [9.17, 15) is 0 Å². The molecule has 5 nitrogen and oxygen atoms in total. The first kappa shape index (κ1) is 23.6. The molecule has 0 unspecified atom stereocenters. The van der Waals surface area contributed by atoms with Crippen molar-refractivity contribution in [3.05, 3.63) is 133 Å². The Kier molecular flexibility index (Phi) is 4.71. The van der Waals surface area contributed by atoms with E-state index in [0.29, 0.717) is 11.6 Å². The van der Waals surface area contributed by atoms with Crippen LogP contribution in [0.4, 0.5) is 0 Å². The molecule has 0 atom stereocenters. The summed E-state index contributed by atoms with van der Waals surface area (Å²) < 4.78 is 6.06. The van der Waals surface area contributed by atoms with Gasteiger partial charge < -0.3 is 4.42 Å². The van der Waals surface area contributed by atoms with Crippen molar-refractivity contribution < 1.29 is 4.42 Å². The highest BCUT2D eigenvalue weighted by molar-refractivity contribution is 6.23. The zero-order valence-electron chi connectivity index (χ0n) is 23.5. The smallest absolute Gasteiger partial charge is 0.159 e. The largest absolute Gasteiger partial charge is 0.456 e. The third-order valence-electron chi connectivity index (χ3n) is 9.00. The fourth-order valence-corrected chi connectivity index (χ4v) is 6.88. The van der Waals surface area contributed by atoms with E-state index in [0.717, 1.165) is 72.1 Å². The van der Waals surface area contributed by atoms with Gasteiger partial charge in [0.05, 0.1) is 0 Å². The number of rotatable bonds is 2. The maximum Gasteiger partial charge on any atom is 0.159 e. The Morgan fingerprint density at radius 1 is 0.455 bits per heavy atom. The molecule has 3 heterocycles. The lowest BCUT2D eigenvalue weighted by Crippen LogP contribution is -1.97. The average Bonchev–Trinajstić information content (AvgIpc) is 3.65. The summed E-state index contributed by atoms with van der Waals surface area (Å²) in [6.07, 6.45) is 4.85. The molecule has 0 spiro atoms. The summed E-state index contributed by atoms with van der Waals surface area (Å²) in [6, 6.07) is 37.8. The molecule has 6 aromatic carbocycles. The van der Waals surface area contributed by atoms with Crippen LogP contribution in [0.2, 0.25) is 0 Å². The SMILES string of the molecule is c1ccc2c(c1)Cc1ccc(-c3ncc4c5ccccc5c5cnc(-c6ccc7oc8ccccc8c7c6)nc5c4n3)cc1-2. The van der Waals surface area contributed by atoms with Crippen molar-refractivity contribution in [2.45, 2.75) is 6.42 Å². The monoisotopic (exact) mass is 562 g/mol. The summed E-state index contributed by atoms with van der Waals surface area (Å²) >= 11 is 0. The van der Waals surface area contributed by atoms with Crippen LogP contribution in [-0.4, -0.2) is 19.9 Å². The van der Waals surface area contributed by atoms with E-state index in [-0.39, 0.29) is 0 Å². The van der Waals surface area contributed by atoms with Crippen LogP contribution in [0, 0.1) is 0 Å². The second-order valence-electron chi connectivity index (χ2n) is 11.5. The summed E-state index contributed by atoms with van der Waals surface area (Å²) in [6.45, 7) is 0. The van der Waals surface area contributed by atoms with Gasteiger partial charge in [-0.25, -0.2) is 19.9 Å². The predicted molar refractivity (Wildman–Crippen MR) is 177 cm³/mol. The number of fused-ring (bicyclic) bond motifs is 12. The van der Waals surface area contributed by atoms with Crippen LogP contribution in [0.15, 0.2) is 126 Å². The van der Waals surface area contributed by atoms with E-state index in [1.165, 1.54) is 22.3 Å². The first-order chi connectivity index (χ1) is 21.8.